The average molecular weight is 352 g/mol. The summed E-state index contributed by atoms with van der Waals surface area (Å²) in [5, 5.41) is 4.91. The van der Waals surface area contributed by atoms with Crippen molar-refractivity contribution in [3.8, 4) is 16.3 Å². The lowest BCUT2D eigenvalue weighted by Gasteiger charge is -2.12. The van der Waals surface area contributed by atoms with Gasteiger partial charge in [-0.1, -0.05) is 12.1 Å². The number of imide groups is 1. The molecule has 124 valence electrons. The largest absolute Gasteiger partial charge is 0.384 e. The Labute approximate surface area is 145 Å². The molecule has 0 radical (unpaired) electrons. The number of fused-ring (bicyclic) bond motifs is 1. The highest BCUT2D eigenvalue weighted by Gasteiger charge is 2.31. The molecule has 0 unspecified atom stereocenters. The van der Waals surface area contributed by atoms with E-state index in [2.05, 4.69) is 10.3 Å². The molecular weight excluding hydrogens is 340 g/mol. The summed E-state index contributed by atoms with van der Waals surface area (Å²) < 4.78 is 1.22. The van der Waals surface area contributed by atoms with Gasteiger partial charge in [-0.05, 0) is 19.1 Å². The maximum Gasteiger partial charge on any atom is 0.262 e. The molecule has 0 saturated carbocycles. The predicted octanol–water partition coefficient (Wildman–Crippen LogP) is 1.74. The Morgan fingerprint density at radius 1 is 1.16 bits per heavy atom. The van der Waals surface area contributed by atoms with E-state index in [0.717, 1.165) is 22.3 Å². The van der Waals surface area contributed by atoms with Gasteiger partial charge in [0, 0.05) is 22.7 Å². The smallest absolute Gasteiger partial charge is 0.262 e. The van der Waals surface area contributed by atoms with Crippen LogP contribution in [0.1, 0.15) is 26.4 Å². The molecule has 4 rings (SSSR count). The van der Waals surface area contributed by atoms with E-state index < -0.39 is 17.4 Å². The third-order valence-corrected chi connectivity index (χ3v) is 4.93. The molecule has 3 aromatic rings. The Morgan fingerprint density at radius 3 is 2.68 bits per heavy atom. The van der Waals surface area contributed by atoms with Crippen LogP contribution < -0.4 is 16.6 Å². The third-order valence-electron chi connectivity index (χ3n) is 3.92. The van der Waals surface area contributed by atoms with Crippen molar-refractivity contribution in [1.82, 2.24) is 14.9 Å². The second kappa shape index (κ2) is 5.38. The summed E-state index contributed by atoms with van der Waals surface area (Å²) in [6.07, 6.45) is 0. The van der Waals surface area contributed by atoms with Crippen LogP contribution in [0.15, 0.2) is 40.5 Å². The van der Waals surface area contributed by atoms with Crippen molar-refractivity contribution in [1.29, 1.82) is 0 Å². The number of pyridine rings is 1. The number of nitrogen functional groups attached to an aromatic ring is 1. The quantitative estimate of drug-likeness (QED) is 0.683. The van der Waals surface area contributed by atoms with Crippen LogP contribution in [0.25, 0.3) is 16.3 Å². The number of hydrogen-bond donors (Lipinski definition) is 2. The summed E-state index contributed by atoms with van der Waals surface area (Å²) in [7, 11) is 0. The zero-order valence-corrected chi connectivity index (χ0v) is 13.9. The first-order valence-corrected chi connectivity index (χ1v) is 8.28. The number of nitrogens with one attached hydrogen (secondary N) is 1. The molecule has 1 aromatic carbocycles. The number of nitrogens with zero attached hydrogens (tertiary/aromatic N) is 2. The SMILES string of the molecule is Cc1csc(-c2cccc(-n3c(N)c4c(cc3=O)C(=O)NC4=O)c2)n1. The third kappa shape index (κ3) is 2.34. The van der Waals surface area contributed by atoms with Crippen LogP contribution in [0, 0.1) is 6.92 Å². The van der Waals surface area contributed by atoms with E-state index in [0.29, 0.717) is 5.69 Å². The van der Waals surface area contributed by atoms with E-state index in [1.807, 2.05) is 18.4 Å². The summed E-state index contributed by atoms with van der Waals surface area (Å²) in [4.78, 5) is 40.6. The summed E-state index contributed by atoms with van der Waals surface area (Å²) in [6.45, 7) is 1.91. The summed E-state index contributed by atoms with van der Waals surface area (Å²) in [5.74, 6) is -1.26. The lowest BCUT2D eigenvalue weighted by Crippen LogP contribution is -2.24. The van der Waals surface area contributed by atoms with Crippen molar-refractivity contribution in [2.75, 3.05) is 5.73 Å². The summed E-state index contributed by atoms with van der Waals surface area (Å²) in [6, 6.07) is 8.28. The lowest BCUT2D eigenvalue weighted by atomic mass is 10.1. The summed E-state index contributed by atoms with van der Waals surface area (Å²) in [5.41, 5.74) is 7.86. The van der Waals surface area contributed by atoms with E-state index in [-0.39, 0.29) is 16.9 Å². The molecule has 3 heterocycles. The topological polar surface area (TPSA) is 107 Å². The van der Waals surface area contributed by atoms with Gasteiger partial charge in [-0.2, -0.15) is 0 Å². The first-order valence-electron chi connectivity index (χ1n) is 7.40. The van der Waals surface area contributed by atoms with Gasteiger partial charge >= 0.3 is 0 Å². The number of amides is 2. The van der Waals surface area contributed by atoms with Gasteiger partial charge in [-0.3, -0.25) is 24.3 Å². The average Bonchev–Trinajstić information content (AvgIpc) is 3.12. The number of benzene rings is 1. The van der Waals surface area contributed by atoms with Crippen LogP contribution in [0.3, 0.4) is 0 Å². The van der Waals surface area contributed by atoms with E-state index in [4.69, 9.17) is 5.73 Å². The number of carbonyl (C=O) groups is 2. The molecule has 25 heavy (non-hydrogen) atoms. The standard InChI is InChI=1S/C17H12N4O3S/c1-8-7-25-17(19-8)9-3-2-4-10(5-9)21-12(22)6-11-13(14(21)18)16(24)20-15(11)23/h2-7H,18H2,1H3,(H,20,23,24). The van der Waals surface area contributed by atoms with Gasteiger partial charge in [0.25, 0.3) is 17.4 Å². The number of thiazole rings is 1. The van der Waals surface area contributed by atoms with Crippen LogP contribution in [0.2, 0.25) is 0 Å². The van der Waals surface area contributed by atoms with Gasteiger partial charge < -0.3 is 5.73 Å². The van der Waals surface area contributed by atoms with E-state index >= 15 is 0 Å². The number of carbonyl (C=O) groups excluding carboxylic acids is 2. The molecule has 0 atom stereocenters. The highest BCUT2D eigenvalue weighted by molar-refractivity contribution is 7.13. The first kappa shape index (κ1) is 15.3. The Kier molecular flexibility index (Phi) is 3.29. The zero-order valence-electron chi connectivity index (χ0n) is 13.1. The molecule has 0 fully saturated rings. The van der Waals surface area contributed by atoms with Gasteiger partial charge in [0.05, 0.1) is 16.8 Å². The molecule has 2 amide bonds. The molecular formula is C17H12N4O3S. The van der Waals surface area contributed by atoms with Gasteiger partial charge in [0.2, 0.25) is 0 Å². The molecule has 3 N–H and O–H groups in total. The van der Waals surface area contributed by atoms with Crippen LogP contribution in [0.4, 0.5) is 5.82 Å². The Morgan fingerprint density at radius 2 is 1.96 bits per heavy atom. The van der Waals surface area contributed by atoms with Crippen molar-refractivity contribution in [2.24, 2.45) is 0 Å². The normalized spacial score (nSPS) is 13.0. The number of nitrogens with two attached hydrogens (primary N) is 1. The monoisotopic (exact) mass is 352 g/mol. The molecule has 1 aliphatic heterocycles. The van der Waals surface area contributed by atoms with Crippen LogP contribution >= 0.6 is 11.3 Å². The van der Waals surface area contributed by atoms with Crippen LogP contribution in [-0.2, 0) is 0 Å². The van der Waals surface area contributed by atoms with Crippen molar-refractivity contribution < 1.29 is 9.59 Å². The second-order valence-corrected chi connectivity index (χ2v) is 6.48. The van der Waals surface area contributed by atoms with Gasteiger partial charge in [0.15, 0.2) is 0 Å². The fourth-order valence-electron chi connectivity index (χ4n) is 2.81. The number of rotatable bonds is 2. The number of aromatic nitrogens is 2. The molecule has 0 aliphatic carbocycles. The molecule has 2 aromatic heterocycles. The minimum absolute atomic E-state index is 0.00968. The minimum Gasteiger partial charge on any atom is -0.384 e. The second-order valence-electron chi connectivity index (χ2n) is 5.62. The molecule has 0 bridgehead atoms. The number of anilines is 1. The van der Waals surface area contributed by atoms with Crippen molar-refractivity contribution in [2.45, 2.75) is 6.92 Å². The maximum absolute atomic E-state index is 12.5. The molecule has 7 nitrogen and oxygen atoms in total. The van der Waals surface area contributed by atoms with Gasteiger partial charge in [0.1, 0.15) is 10.8 Å². The van der Waals surface area contributed by atoms with Crippen molar-refractivity contribution in [3.05, 3.63) is 62.9 Å². The van der Waals surface area contributed by atoms with E-state index in [1.165, 1.54) is 15.9 Å². The zero-order chi connectivity index (χ0) is 17.7. The predicted molar refractivity (Wildman–Crippen MR) is 94.1 cm³/mol. The summed E-state index contributed by atoms with van der Waals surface area (Å²) >= 11 is 1.50. The van der Waals surface area contributed by atoms with Crippen molar-refractivity contribution >= 4 is 29.0 Å². The highest BCUT2D eigenvalue weighted by Crippen LogP contribution is 2.27. The Hall–Kier alpha value is -3.26. The lowest BCUT2D eigenvalue weighted by molar-refractivity contribution is 0.0880. The Bertz CT molecular complexity index is 1110. The van der Waals surface area contributed by atoms with Gasteiger partial charge in [-0.25, -0.2) is 4.98 Å². The molecule has 0 spiro atoms. The van der Waals surface area contributed by atoms with Gasteiger partial charge in [-0.15, -0.1) is 11.3 Å². The maximum atomic E-state index is 12.5. The fourth-order valence-corrected chi connectivity index (χ4v) is 3.60. The van der Waals surface area contributed by atoms with E-state index in [9.17, 15) is 14.4 Å². The van der Waals surface area contributed by atoms with E-state index in [1.54, 1.807) is 18.2 Å². The highest BCUT2D eigenvalue weighted by atomic mass is 32.1. The molecule has 8 heteroatoms. The number of aryl methyl sites for hydroxylation is 1. The first-order chi connectivity index (χ1) is 12.0. The van der Waals surface area contributed by atoms with Crippen LogP contribution in [0.5, 0.6) is 0 Å². The van der Waals surface area contributed by atoms with Crippen LogP contribution in [-0.4, -0.2) is 21.4 Å². The number of hydrogen-bond acceptors (Lipinski definition) is 6. The van der Waals surface area contributed by atoms with Crippen molar-refractivity contribution in [3.63, 3.8) is 0 Å². The Balaban J connectivity index is 1.92. The molecule has 0 saturated heterocycles. The molecule has 1 aliphatic rings. The minimum atomic E-state index is -0.608. The fraction of sp³-hybridized carbons (Fsp3) is 0.0588.